The lowest BCUT2D eigenvalue weighted by atomic mass is 10.1. The molecule has 1 N–H and O–H groups in total. The van der Waals surface area contributed by atoms with Crippen LogP contribution in [0.5, 0.6) is 0 Å². The molecule has 1 unspecified atom stereocenters. The molecule has 0 spiro atoms. The maximum atomic E-state index is 12.8. The molecule has 1 aromatic rings. The van der Waals surface area contributed by atoms with Gasteiger partial charge in [-0.15, -0.1) is 0 Å². The van der Waals surface area contributed by atoms with Crippen LogP contribution in [0.15, 0.2) is 22.7 Å². The molecule has 0 amide bonds. The van der Waals surface area contributed by atoms with Crippen LogP contribution in [0.3, 0.4) is 0 Å². The van der Waals surface area contributed by atoms with Gasteiger partial charge in [0, 0.05) is 4.47 Å². The maximum Gasteiger partial charge on any atom is 0.124 e. The highest BCUT2D eigenvalue weighted by atomic mass is 79.9. The highest BCUT2D eigenvalue weighted by molar-refractivity contribution is 9.10. The van der Waals surface area contributed by atoms with Crippen molar-refractivity contribution in [1.29, 1.82) is 0 Å². The molecule has 0 aromatic heterocycles. The maximum absolute atomic E-state index is 12.8. The molecule has 1 rings (SSSR count). The van der Waals surface area contributed by atoms with Gasteiger partial charge in [0.2, 0.25) is 0 Å². The van der Waals surface area contributed by atoms with E-state index in [-0.39, 0.29) is 5.82 Å². The minimum absolute atomic E-state index is 0.327. The lowest BCUT2D eigenvalue weighted by Crippen LogP contribution is -1.95. The summed E-state index contributed by atoms with van der Waals surface area (Å²) in [5.41, 5.74) is 0.615. The van der Waals surface area contributed by atoms with Crippen LogP contribution in [0, 0.1) is 5.82 Å². The Morgan fingerprint density at radius 2 is 2.17 bits per heavy atom. The van der Waals surface area contributed by atoms with E-state index in [1.165, 1.54) is 12.1 Å². The number of aliphatic hydroxyl groups is 1. The van der Waals surface area contributed by atoms with Gasteiger partial charge in [0.05, 0.1) is 6.10 Å². The molecule has 66 valence electrons. The minimum atomic E-state index is -0.572. The van der Waals surface area contributed by atoms with E-state index in [9.17, 15) is 9.50 Å². The third kappa shape index (κ3) is 2.29. The van der Waals surface area contributed by atoms with Gasteiger partial charge < -0.3 is 5.11 Å². The van der Waals surface area contributed by atoms with Gasteiger partial charge in [-0.05, 0) is 30.2 Å². The normalized spacial score (nSPS) is 13.0. The predicted octanol–water partition coefficient (Wildman–Crippen LogP) is 3.03. The molecular weight excluding hydrogens is 223 g/mol. The fourth-order valence-corrected chi connectivity index (χ4v) is 1.49. The number of benzene rings is 1. The van der Waals surface area contributed by atoms with E-state index in [0.717, 1.165) is 0 Å². The van der Waals surface area contributed by atoms with E-state index in [1.807, 2.05) is 6.92 Å². The Morgan fingerprint density at radius 1 is 1.50 bits per heavy atom. The Balaban J connectivity index is 3.00. The zero-order valence-corrected chi connectivity index (χ0v) is 8.31. The smallest absolute Gasteiger partial charge is 0.124 e. The lowest BCUT2D eigenvalue weighted by Gasteiger charge is -2.08. The van der Waals surface area contributed by atoms with Gasteiger partial charge in [-0.3, -0.25) is 0 Å². The van der Waals surface area contributed by atoms with Gasteiger partial charge in [-0.1, -0.05) is 22.9 Å². The van der Waals surface area contributed by atoms with Crippen molar-refractivity contribution in [3.63, 3.8) is 0 Å². The number of rotatable bonds is 2. The van der Waals surface area contributed by atoms with Gasteiger partial charge in [-0.2, -0.15) is 0 Å². The van der Waals surface area contributed by atoms with Crippen LogP contribution in [0.25, 0.3) is 0 Å². The van der Waals surface area contributed by atoms with Crippen molar-refractivity contribution < 1.29 is 9.50 Å². The second-order valence-electron chi connectivity index (χ2n) is 2.63. The fourth-order valence-electron chi connectivity index (χ4n) is 1.00. The summed E-state index contributed by atoms with van der Waals surface area (Å²) >= 11 is 3.16. The Labute approximate surface area is 79.4 Å². The van der Waals surface area contributed by atoms with Gasteiger partial charge in [-0.25, -0.2) is 4.39 Å². The largest absolute Gasteiger partial charge is 0.388 e. The highest BCUT2D eigenvalue weighted by Gasteiger charge is 2.06. The summed E-state index contributed by atoms with van der Waals surface area (Å²) in [6, 6.07) is 4.43. The summed E-state index contributed by atoms with van der Waals surface area (Å²) in [7, 11) is 0. The minimum Gasteiger partial charge on any atom is -0.388 e. The van der Waals surface area contributed by atoms with Crippen molar-refractivity contribution in [1.82, 2.24) is 0 Å². The van der Waals surface area contributed by atoms with Crippen molar-refractivity contribution in [2.45, 2.75) is 19.4 Å². The van der Waals surface area contributed by atoms with Crippen LogP contribution in [-0.2, 0) is 0 Å². The van der Waals surface area contributed by atoms with E-state index in [0.29, 0.717) is 16.5 Å². The summed E-state index contributed by atoms with van der Waals surface area (Å²) in [5.74, 6) is -0.327. The molecular formula is C9H10BrFO. The zero-order valence-electron chi connectivity index (χ0n) is 6.72. The molecule has 0 saturated heterocycles. The van der Waals surface area contributed by atoms with Crippen LogP contribution in [0.4, 0.5) is 4.39 Å². The van der Waals surface area contributed by atoms with Crippen LogP contribution >= 0.6 is 15.9 Å². The topological polar surface area (TPSA) is 20.2 Å². The fraction of sp³-hybridized carbons (Fsp3) is 0.333. The van der Waals surface area contributed by atoms with E-state index >= 15 is 0 Å². The summed E-state index contributed by atoms with van der Waals surface area (Å²) in [6.45, 7) is 1.85. The second kappa shape index (κ2) is 4.01. The van der Waals surface area contributed by atoms with Gasteiger partial charge in [0.25, 0.3) is 0 Å². The summed E-state index contributed by atoms with van der Waals surface area (Å²) in [4.78, 5) is 0. The molecule has 0 aliphatic carbocycles. The standard InChI is InChI=1S/C9H10BrFO/c1-2-9(12)6-3-7(10)5-8(11)4-6/h3-5,9,12H,2H2,1H3. The number of aliphatic hydroxyl groups excluding tert-OH is 1. The van der Waals surface area contributed by atoms with Crippen LogP contribution in [0.1, 0.15) is 25.0 Å². The molecule has 0 heterocycles. The quantitative estimate of drug-likeness (QED) is 0.832. The van der Waals surface area contributed by atoms with Gasteiger partial charge in [0.1, 0.15) is 5.82 Å². The van der Waals surface area contributed by atoms with E-state index in [4.69, 9.17) is 0 Å². The van der Waals surface area contributed by atoms with Crippen molar-refractivity contribution in [2.24, 2.45) is 0 Å². The third-order valence-electron chi connectivity index (χ3n) is 1.66. The average Bonchev–Trinajstić information content (AvgIpc) is 2.01. The summed E-state index contributed by atoms with van der Waals surface area (Å²) in [5, 5.41) is 9.39. The molecule has 1 aromatic carbocycles. The third-order valence-corrected chi connectivity index (χ3v) is 2.11. The number of hydrogen-bond acceptors (Lipinski definition) is 1. The van der Waals surface area contributed by atoms with E-state index in [1.54, 1.807) is 6.07 Å². The van der Waals surface area contributed by atoms with Crippen LogP contribution in [-0.4, -0.2) is 5.11 Å². The first kappa shape index (κ1) is 9.68. The lowest BCUT2D eigenvalue weighted by molar-refractivity contribution is 0.173. The molecule has 0 fully saturated rings. The van der Waals surface area contributed by atoms with E-state index < -0.39 is 6.10 Å². The predicted molar refractivity (Wildman–Crippen MR) is 49.4 cm³/mol. The molecule has 0 radical (unpaired) electrons. The molecule has 0 saturated carbocycles. The molecule has 1 nitrogen and oxygen atoms in total. The highest BCUT2D eigenvalue weighted by Crippen LogP contribution is 2.21. The summed E-state index contributed by atoms with van der Waals surface area (Å²) in [6.07, 6.45) is 0.0209. The first-order chi connectivity index (χ1) is 5.63. The first-order valence-electron chi connectivity index (χ1n) is 3.77. The van der Waals surface area contributed by atoms with Crippen molar-refractivity contribution in [3.05, 3.63) is 34.1 Å². The second-order valence-corrected chi connectivity index (χ2v) is 3.54. The van der Waals surface area contributed by atoms with E-state index in [2.05, 4.69) is 15.9 Å². The van der Waals surface area contributed by atoms with Gasteiger partial charge in [0.15, 0.2) is 0 Å². The molecule has 12 heavy (non-hydrogen) atoms. The monoisotopic (exact) mass is 232 g/mol. The zero-order chi connectivity index (χ0) is 9.14. The van der Waals surface area contributed by atoms with Crippen LogP contribution in [0.2, 0.25) is 0 Å². The van der Waals surface area contributed by atoms with Crippen molar-refractivity contribution in [3.8, 4) is 0 Å². The van der Waals surface area contributed by atoms with Crippen molar-refractivity contribution in [2.75, 3.05) is 0 Å². The van der Waals surface area contributed by atoms with Gasteiger partial charge >= 0.3 is 0 Å². The average molecular weight is 233 g/mol. The molecule has 0 aliphatic rings. The Hall–Kier alpha value is -0.410. The number of hydrogen-bond donors (Lipinski definition) is 1. The number of halogens is 2. The van der Waals surface area contributed by atoms with Crippen LogP contribution < -0.4 is 0 Å². The van der Waals surface area contributed by atoms with Crippen molar-refractivity contribution >= 4 is 15.9 Å². The molecule has 3 heteroatoms. The summed E-state index contributed by atoms with van der Waals surface area (Å²) < 4.78 is 13.4. The SMILES string of the molecule is CCC(O)c1cc(F)cc(Br)c1. The molecule has 0 aliphatic heterocycles. The first-order valence-corrected chi connectivity index (χ1v) is 4.57. The molecule has 0 bridgehead atoms. The molecule has 1 atom stereocenters. The Morgan fingerprint density at radius 3 is 2.67 bits per heavy atom. The Bertz CT molecular complexity index is 255. The Kier molecular flexibility index (Phi) is 3.23.